The third kappa shape index (κ3) is 2.16. The average Bonchev–Trinajstić information content (AvgIpc) is 1.95. The van der Waals surface area contributed by atoms with Gasteiger partial charge < -0.3 is 17.2 Å². The summed E-state index contributed by atoms with van der Waals surface area (Å²) in [5.41, 5.74) is 15.5. The second-order valence-corrected chi connectivity index (χ2v) is 3.21. The van der Waals surface area contributed by atoms with E-state index in [0.29, 0.717) is 6.54 Å². The highest BCUT2D eigenvalue weighted by Crippen LogP contribution is 2.16. The molecule has 2 atom stereocenters. The summed E-state index contributed by atoms with van der Waals surface area (Å²) in [5, 5.41) is 0. The van der Waals surface area contributed by atoms with E-state index in [0.717, 1.165) is 13.0 Å². The third-order valence-electron chi connectivity index (χ3n) is 2.26. The van der Waals surface area contributed by atoms with Gasteiger partial charge in [-0.05, 0) is 6.42 Å². The summed E-state index contributed by atoms with van der Waals surface area (Å²) in [6.07, 6.45) is 0.737. The van der Waals surface area contributed by atoms with E-state index in [4.69, 9.17) is 17.2 Å². The van der Waals surface area contributed by atoms with E-state index < -0.39 is 11.9 Å². The van der Waals surface area contributed by atoms with Crippen LogP contribution in [0.2, 0.25) is 0 Å². The summed E-state index contributed by atoms with van der Waals surface area (Å²) in [6, 6.07) is -0.993. The van der Waals surface area contributed by atoms with Gasteiger partial charge in [-0.25, -0.2) is 0 Å². The fourth-order valence-electron chi connectivity index (χ4n) is 1.32. The van der Waals surface area contributed by atoms with E-state index in [2.05, 4.69) is 0 Å². The highest BCUT2D eigenvalue weighted by atomic mass is 16.2. The molecular formula is C7H14N4O2. The molecule has 2 unspecified atom stereocenters. The minimum atomic E-state index is -0.720. The molecule has 2 amide bonds. The van der Waals surface area contributed by atoms with Crippen molar-refractivity contribution in [3.05, 3.63) is 0 Å². The molecule has 6 nitrogen and oxygen atoms in total. The summed E-state index contributed by atoms with van der Waals surface area (Å²) in [7, 11) is 0. The minimum Gasteiger partial charge on any atom is -0.368 e. The zero-order valence-electron chi connectivity index (χ0n) is 7.27. The van der Waals surface area contributed by atoms with Crippen LogP contribution in [0.3, 0.4) is 0 Å². The molecule has 1 aliphatic heterocycles. The van der Waals surface area contributed by atoms with Crippen LogP contribution in [0, 0.1) is 0 Å². The van der Waals surface area contributed by atoms with Crippen molar-refractivity contribution >= 4 is 11.8 Å². The molecule has 1 fully saturated rings. The second-order valence-electron chi connectivity index (χ2n) is 3.21. The number of rotatable bonds is 4. The lowest BCUT2D eigenvalue weighted by atomic mass is 10.0. The Kier molecular flexibility index (Phi) is 2.84. The largest absolute Gasteiger partial charge is 0.368 e. The van der Waals surface area contributed by atoms with Crippen molar-refractivity contribution < 1.29 is 9.59 Å². The van der Waals surface area contributed by atoms with Gasteiger partial charge in [0.2, 0.25) is 11.8 Å². The molecule has 0 saturated carbocycles. The molecule has 0 aliphatic carbocycles. The first-order chi connectivity index (χ1) is 6.02. The van der Waals surface area contributed by atoms with Crippen LogP contribution in [0.15, 0.2) is 0 Å². The van der Waals surface area contributed by atoms with Crippen LogP contribution in [-0.2, 0) is 9.59 Å². The van der Waals surface area contributed by atoms with E-state index in [1.165, 1.54) is 0 Å². The maximum absolute atomic E-state index is 10.8. The van der Waals surface area contributed by atoms with Crippen LogP contribution in [-0.4, -0.2) is 41.9 Å². The molecule has 1 heterocycles. The summed E-state index contributed by atoms with van der Waals surface area (Å²) < 4.78 is 0. The van der Waals surface area contributed by atoms with Crippen LogP contribution in [0.25, 0.3) is 0 Å². The molecule has 0 aromatic heterocycles. The lowest BCUT2D eigenvalue weighted by Crippen LogP contribution is -2.59. The van der Waals surface area contributed by atoms with Gasteiger partial charge in [0.25, 0.3) is 0 Å². The molecule has 74 valence electrons. The molecule has 6 heteroatoms. The molecular weight excluding hydrogens is 172 g/mol. The molecule has 1 rings (SSSR count). The van der Waals surface area contributed by atoms with E-state index in [9.17, 15) is 9.59 Å². The van der Waals surface area contributed by atoms with Gasteiger partial charge >= 0.3 is 0 Å². The fraction of sp³-hybridized carbons (Fsp3) is 0.714. The molecule has 0 aromatic rings. The smallest absolute Gasteiger partial charge is 0.235 e. The van der Waals surface area contributed by atoms with Gasteiger partial charge in [-0.15, -0.1) is 0 Å². The van der Waals surface area contributed by atoms with Crippen molar-refractivity contribution in [1.82, 2.24) is 4.90 Å². The summed E-state index contributed by atoms with van der Waals surface area (Å²) in [5.74, 6) is -0.932. The average molecular weight is 186 g/mol. The van der Waals surface area contributed by atoms with E-state index in [-0.39, 0.29) is 11.9 Å². The van der Waals surface area contributed by atoms with Gasteiger partial charge in [0.05, 0.1) is 12.1 Å². The summed E-state index contributed by atoms with van der Waals surface area (Å²) >= 11 is 0. The summed E-state index contributed by atoms with van der Waals surface area (Å²) in [6.45, 7) is 1.05. The van der Waals surface area contributed by atoms with Crippen molar-refractivity contribution in [2.75, 3.05) is 13.1 Å². The number of likely N-dealkylation sites (tertiary alicyclic amines) is 1. The molecule has 1 saturated heterocycles. The Morgan fingerprint density at radius 1 is 1.46 bits per heavy atom. The molecule has 0 bridgehead atoms. The van der Waals surface area contributed by atoms with Crippen molar-refractivity contribution in [2.45, 2.75) is 18.5 Å². The Morgan fingerprint density at radius 2 is 2.08 bits per heavy atom. The lowest BCUT2D eigenvalue weighted by Gasteiger charge is -2.39. The van der Waals surface area contributed by atoms with Crippen molar-refractivity contribution in [2.24, 2.45) is 17.2 Å². The first-order valence-electron chi connectivity index (χ1n) is 4.10. The number of primary amides is 2. The van der Waals surface area contributed by atoms with Gasteiger partial charge in [-0.1, -0.05) is 0 Å². The number of hydrogen-bond acceptors (Lipinski definition) is 4. The van der Waals surface area contributed by atoms with Crippen LogP contribution in [0.4, 0.5) is 0 Å². The highest BCUT2D eigenvalue weighted by molar-refractivity contribution is 5.82. The molecule has 6 N–H and O–H groups in total. The predicted octanol–water partition coefficient (Wildman–Crippen LogP) is -2.64. The zero-order valence-corrected chi connectivity index (χ0v) is 7.27. The number of hydrogen-bond donors (Lipinski definition) is 3. The van der Waals surface area contributed by atoms with Crippen LogP contribution in [0.1, 0.15) is 6.42 Å². The van der Waals surface area contributed by atoms with E-state index in [1.54, 1.807) is 4.90 Å². The number of carbonyl (C=O) groups is 2. The Balaban J connectivity index is 2.38. The standard InChI is InChI=1S/C7H14N4O2/c8-4(6(9)12)3-11-2-1-5(11)7(10)13/h4-5H,1-3,8H2,(H2,9,12)(H2,10,13). The Morgan fingerprint density at radius 3 is 2.38 bits per heavy atom. The van der Waals surface area contributed by atoms with Gasteiger partial charge in [-0.2, -0.15) is 0 Å². The lowest BCUT2D eigenvalue weighted by molar-refractivity contribution is -0.129. The zero-order chi connectivity index (χ0) is 10.0. The quantitative estimate of drug-likeness (QED) is 0.445. The van der Waals surface area contributed by atoms with Crippen LogP contribution >= 0.6 is 0 Å². The van der Waals surface area contributed by atoms with E-state index in [1.807, 2.05) is 0 Å². The van der Waals surface area contributed by atoms with Crippen LogP contribution in [0.5, 0.6) is 0 Å². The van der Waals surface area contributed by atoms with Crippen LogP contribution < -0.4 is 17.2 Å². The van der Waals surface area contributed by atoms with Crippen molar-refractivity contribution in [1.29, 1.82) is 0 Å². The fourth-order valence-corrected chi connectivity index (χ4v) is 1.32. The number of nitrogens with two attached hydrogens (primary N) is 3. The van der Waals surface area contributed by atoms with Gasteiger partial charge in [0, 0.05) is 13.1 Å². The Bertz CT molecular complexity index is 231. The van der Waals surface area contributed by atoms with Gasteiger partial charge in [0.1, 0.15) is 0 Å². The van der Waals surface area contributed by atoms with Gasteiger partial charge in [-0.3, -0.25) is 14.5 Å². The topological polar surface area (TPSA) is 115 Å². The molecule has 1 aliphatic rings. The minimum absolute atomic E-state index is 0.273. The molecule has 13 heavy (non-hydrogen) atoms. The third-order valence-corrected chi connectivity index (χ3v) is 2.26. The molecule has 0 radical (unpaired) electrons. The number of nitrogens with zero attached hydrogens (tertiary/aromatic N) is 1. The van der Waals surface area contributed by atoms with Crippen molar-refractivity contribution in [3.8, 4) is 0 Å². The van der Waals surface area contributed by atoms with Gasteiger partial charge in [0.15, 0.2) is 0 Å². The molecule has 0 spiro atoms. The number of amides is 2. The maximum Gasteiger partial charge on any atom is 0.235 e. The normalized spacial score (nSPS) is 24.8. The predicted molar refractivity (Wildman–Crippen MR) is 46.3 cm³/mol. The van der Waals surface area contributed by atoms with E-state index >= 15 is 0 Å². The number of carbonyl (C=O) groups excluding carboxylic acids is 2. The Hall–Kier alpha value is -1.14. The first kappa shape index (κ1) is 9.94. The SMILES string of the molecule is NC(=O)C(N)CN1CCC1C(N)=O. The molecule has 0 aromatic carbocycles. The highest BCUT2D eigenvalue weighted by Gasteiger charge is 2.33. The maximum atomic E-state index is 10.8. The summed E-state index contributed by atoms with van der Waals surface area (Å²) in [4.78, 5) is 23.1. The second kappa shape index (κ2) is 3.71. The van der Waals surface area contributed by atoms with Crippen molar-refractivity contribution in [3.63, 3.8) is 0 Å². The monoisotopic (exact) mass is 186 g/mol. The Labute approximate surface area is 76.0 Å². The first-order valence-corrected chi connectivity index (χ1v) is 4.10.